The van der Waals surface area contributed by atoms with Gasteiger partial charge in [-0.25, -0.2) is 4.98 Å². The third-order valence-electron chi connectivity index (χ3n) is 3.90. The van der Waals surface area contributed by atoms with E-state index in [4.69, 9.17) is 11.6 Å². The molecule has 0 saturated heterocycles. The SMILES string of the molecule is Cc1cccc(-c2nc(C)c(CCNC(=O)c3ccc(Cl)cc3)s2)c1. The Morgan fingerprint density at radius 1 is 1.16 bits per heavy atom. The van der Waals surface area contributed by atoms with Crippen LogP contribution in [0.1, 0.15) is 26.5 Å². The summed E-state index contributed by atoms with van der Waals surface area (Å²) in [6.45, 7) is 4.68. The fraction of sp³-hybridized carbons (Fsp3) is 0.200. The Kier molecular flexibility index (Phi) is 5.51. The summed E-state index contributed by atoms with van der Waals surface area (Å²) in [5.74, 6) is -0.0854. The molecule has 1 heterocycles. The van der Waals surface area contributed by atoms with Gasteiger partial charge in [0.15, 0.2) is 0 Å². The van der Waals surface area contributed by atoms with E-state index in [2.05, 4.69) is 35.4 Å². The van der Waals surface area contributed by atoms with Crippen molar-refractivity contribution in [2.24, 2.45) is 0 Å². The number of aryl methyl sites for hydroxylation is 2. The average molecular weight is 371 g/mol. The number of thiazole rings is 1. The van der Waals surface area contributed by atoms with E-state index in [0.717, 1.165) is 22.7 Å². The van der Waals surface area contributed by atoms with Gasteiger partial charge in [0.25, 0.3) is 5.91 Å². The van der Waals surface area contributed by atoms with Gasteiger partial charge in [-0.3, -0.25) is 4.79 Å². The summed E-state index contributed by atoms with van der Waals surface area (Å²) in [5.41, 5.74) is 4.01. The standard InChI is InChI=1S/C20H19ClN2OS/c1-13-4-3-5-16(12-13)20-23-14(2)18(25-20)10-11-22-19(24)15-6-8-17(21)9-7-15/h3-9,12H,10-11H2,1-2H3,(H,22,24). The predicted octanol–water partition coefficient (Wildman–Crippen LogP) is 5.05. The first-order chi connectivity index (χ1) is 12.0. The van der Waals surface area contributed by atoms with Gasteiger partial charge in [0, 0.05) is 34.0 Å². The molecule has 0 aliphatic heterocycles. The number of nitrogens with zero attached hydrogens (tertiary/aromatic N) is 1. The number of aromatic nitrogens is 1. The molecule has 5 heteroatoms. The summed E-state index contributed by atoms with van der Waals surface area (Å²) in [6, 6.07) is 15.2. The van der Waals surface area contributed by atoms with Gasteiger partial charge in [-0.15, -0.1) is 11.3 Å². The van der Waals surface area contributed by atoms with Crippen LogP contribution in [0.4, 0.5) is 0 Å². The Balaban J connectivity index is 1.62. The normalized spacial score (nSPS) is 10.7. The summed E-state index contributed by atoms with van der Waals surface area (Å²) in [6.07, 6.45) is 0.772. The lowest BCUT2D eigenvalue weighted by Gasteiger charge is -2.04. The molecule has 0 unspecified atom stereocenters. The number of amides is 1. The van der Waals surface area contributed by atoms with Crippen molar-refractivity contribution in [2.45, 2.75) is 20.3 Å². The van der Waals surface area contributed by atoms with Crippen molar-refractivity contribution in [2.75, 3.05) is 6.54 Å². The maximum atomic E-state index is 12.1. The molecule has 0 radical (unpaired) electrons. The lowest BCUT2D eigenvalue weighted by Crippen LogP contribution is -2.25. The molecule has 1 amide bonds. The Hall–Kier alpha value is -2.17. The van der Waals surface area contributed by atoms with E-state index >= 15 is 0 Å². The fourth-order valence-electron chi connectivity index (χ4n) is 2.55. The molecular formula is C20H19ClN2OS. The van der Waals surface area contributed by atoms with E-state index in [-0.39, 0.29) is 5.91 Å². The summed E-state index contributed by atoms with van der Waals surface area (Å²) in [5, 5.41) is 4.60. The van der Waals surface area contributed by atoms with Crippen molar-refractivity contribution in [1.29, 1.82) is 0 Å². The predicted molar refractivity (Wildman–Crippen MR) is 105 cm³/mol. The Morgan fingerprint density at radius 3 is 2.64 bits per heavy atom. The highest BCUT2D eigenvalue weighted by Crippen LogP contribution is 2.28. The van der Waals surface area contributed by atoms with Crippen LogP contribution < -0.4 is 5.32 Å². The topological polar surface area (TPSA) is 42.0 Å². The van der Waals surface area contributed by atoms with Crippen LogP contribution >= 0.6 is 22.9 Å². The fourth-order valence-corrected chi connectivity index (χ4v) is 3.74. The first-order valence-corrected chi connectivity index (χ1v) is 9.29. The molecule has 0 fully saturated rings. The molecule has 3 nitrogen and oxygen atoms in total. The van der Waals surface area contributed by atoms with Crippen molar-refractivity contribution in [3.63, 3.8) is 0 Å². The molecule has 0 aliphatic carbocycles. The van der Waals surface area contributed by atoms with Crippen molar-refractivity contribution in [3.8, 4) is 10.6 Å². The number of halogens is 1. The number of nitrogens with one attached hydrogen (secondary N) is 1. The van der Waals surface area contributed by atoms with Gasteiger partial charge in [0.1, 0.15) is 5.01 Å². The molecule has 0 spiro atoms. The van der Waals surface area contributed by atoms with Crippen LogP contribution in [0.5, 0.6) is 0 Å². The molecular weight excluding hydrogens is 352 g/mol. The highest BCUT2D eigenvalue weighted by Gasteiger charge is 2.10. The van der Waals surface area contributed by atoms with Crippen molar-refractivity contribution >= 4 is 28.8 Å². The van der Waals surface area contributed by atoms with E-state index in [0.29, 0.717) is 17.1 Å². The number of hydrogen-bond donors (Lipinski definition) is 1. The zero-order valence-electron chi connectivity index (χ0n) is 14.2. The van der Waals surface area contributed by atoms with Crippen LogP contribution in [0.2, 0.25) is 5.02 Å². The molecule has 1 aromatic heterocycles. The number of carbonyl (C=O) groups is 1. The molecule has 3 rings (SSSR count). The minimum Gasteiger partial charge on any atom is -0.352 e. The van der Waals surface area contributed by atoms with E-state index < -0.39 is 0 Å². The average Bonchev–Trinajstić information content (AvgIpc) is 2.96. The van der Waals surface area contributed by atoms with Crippen LogP contribution in [0.15, 0.2) is 48.5 Å². The first-order valence-electron chi connectivity index (χ1n) is 8.10. The third-order valence-corrected chi connectivity index (χ3v) is 5.42. The van der Waals surface area contributed by atoms with Gasteiger partial charge in [0.2, 0.25) is 0 Å². The van der Waals surface area contributed by atoms with Crippen molar-refractivity contribution in [3.05, 3.63) is 75.3 Å². The summed E-state index contributed by atoms with van der Waals surface area (Å²) < 4.78 is 0. The number of hydrogen-bond acceptors (Lipinski definition) is 3. The summed E-state index contributed by atoms with van der Waals surface area (Å²) in [4.78, 5) is 18.0. The van der Waals surface area contributed by atoms with Gasteiger partial charge in [-0.05, 0) is 44.2 Å². The van der Waals surface area contributed by atoms with Crippen LogP contribution in [-0.4, -0.2) is 17.4 Å². The van der Waals surface area contributed by atoms with Crippen LogP contribution in [0.25, 0.3) is 10.6 Å². The van der Waals surface area contributed by atoms with Gasteiger partial charge in [-0.2, -0.15) is 0 Å². The summed E-state index contributed by atoms with van der Waals surface area (Å²) in [7, 11) is 0. The van der Waals surface area contributed by atoms with Crippen LogP contribution in [-0.2, 0) is 6.42 Å². The highest BCUT2D eigenvalue weighted by molar-refractivity contribution is 7.15. The molecule has 1 N–H and O–H groups in total. The van der Waals surface area contributed by atoms with E-state index in [9.17, 15) is 4.79 Å². The largest absolute Gasteiger partial charge is 0.352 e. The second kappa shape index (κ2) is 7.81. The molecule has 128 valence electrons. The van der Waals surface area contributed by atoms with E-state index in [1.807, 2.05) is 13.0 Å². The quantitative estimate of drug-likeness (QED) is 0.682. The van der Waals surface area contributed by atoms with Crippen molar-refractivity contribution < 1.29 is 4.79 Å². The second-order valence-electron chi connectivity index (χ2n) is 5.91. The Bertz CT molecular complexity index is 887. The third kappa shape index (κ3) is 4.47. The lowest BCUT2D eigenvalue weighted by molar-refractivity contribution is 0.0954. The molecule has 0 saturated carbocycles. The molecule has 0 aliphatic rings. The maximum Gasteiger partial charge on any atom is 0.251 e. The minimum atomic E-state index is -0.0854. The zero-order valence-corrected chi connectivity index (χ0v) is 15.7. The van der Waals surface area contributed by atoms with E-state index in [1.54, 1.807) is 35.6 Å². The number of rotatable bonds is 5. The van der Waals surface area contributed by atoms with Crippen molar-refractivity contribution in [1.82, 2.24) is 10.3 Å². The van der Waals surface area contributed by atoms with Gasteiger partial charge >= 0.3 is 0 Å². The van der Waals surface area contributed by atoms with Gasteiger partial charge < -0.3 is 5.32 Å². The van der Waals surface area contributed by atoms with Crippen LogP contribution in [0.3, 0.4) is 0 Å². The molecule has 2 aromatic carbocycles. The molecule has 0 bridgehead atoms. The maximum absolute atomic E-state index is 12.1. The number of carbonyl (C=O) groups excluding carboxylic acids is 1. The zero-order chi connectivity index (χ0) is 17.8. The van der Waals surface area contributed by atoms with Crippen LogP contribution in [0, 0.1) is 13.8 Å². The van der Waals surface area contributed by atoms with Gasteiger partial charge in [0.05, 0.1) is 5.69 Å². The second-order valence-corrected chi connectivity index (χ2v) is 7.43. The molecule has 0 atom stereocenters. The van der Waals surface area contributed by atoms with E-state index in [1.165, 1.54) is 10.4 Å². The molecule has 25 heavy (non-hydrogen) atoms. The lowest BCUT2D eigenvalue weighted by atomic mass is 10.1. The highest BCUT2D eigenvalue weighted by atomic mass is 35.5. The monoisotopic (exact) mass is 370 g/mol. The Morgan fingerprint density at radius 2 is 1.92 bits per heavy atom. The minimum absolute atomic E-state index is 0.0854. The summed E-state index contributed by atoms with van der Waals surface area (Å²) >= 11 is 7.53. The molecule has 3 aromatic rings. The smallest absolute Gasteiger partial charge is 0.251 e. The van der Waals surface area contributed by atoms with Gasteiger partial charge in [-0.1, -0.05) is 35.4 Å². The number of benzene rings is 2. The first kappa shape index (κ1) is 17.6. The Labute approximate surface area is 156 Å².